The Morgan fingerprint density at radius 2 is 2.08 bits per heavy atom. The molecular formula is C16H17ClN4O3. The molecule has 2 aromatic rings. The van der Waals surface area contributed by atoms with E-state index in [1.807, 2.05) is 0 Å². The first-order valence-corrected chi connectivity index (χ1v) is 8.06. The number of hydrogen-bond donors (Lipinski definition) is 1. The van der Waals surface area contributed by atoms with E-state index in [9.17, 15) is 9.59 Å². The van der Waals surface area contributed by atoms with Crippen molar-refractivity contribution in [3.8, 4) is 0 Å². The Morgan fingerprint density at radius 1 is 1.33 bits per heavy atom. The fourth-order valence-electron chi connectivity index (χ4n) is 2.64. The number of aromatic nitrogens is 2. The van der Waals surface area contributed by atoms with Gasteiger partial charge in [-0.3, -0.25) is 9.59 Å². The first-order chi connectivity index (χ1) is 11.5. The Kier molecular flexibility index (Phi) is 4.80. The van der Waals surface area contributed by atoms with Crippen LogP contribution in [0.2, 0.25) is 5.02 Å². The average Bonchev–Trinajstić information content (AvgIpc) is 3.03. The number of nitrogens with one attached hydrogen (secondary N) is 1. The van der Waals surface area contributed by atoms with Crippen LogP contribution in [0.15, 0.2) is 28.9 Å². The van der Waals surface area contributed by atoms with Gasteiger partial charge in [-0.15, -0.1) is 0 Å². The molecule has 0 radical (unpaired) electrons. The molecule has 24 heavy (non-hydrogen) atoms. The summed E-state index contributed by atoms with van der Waals surface area (Å²) in [5.74, 6) is 0.282. The zero-order valence-corrected chi connectivity index (χ0v) is 13.9. The molecule has 3 rings (SSSR count). The highest BCUT2D eigenvalue weighted by molar-refractivity contribution is 6.30. The van der Waals surface area contributed by atoms with Crippen LogP contribution < -0.4 is 5.32 Å². The number of aryl methyl sites for hydroxylation is 1. The van der Waals surface area contributed by atoms with Crippen molar-refractivity contribution in [1.82, 2.24) is 15.0 Å². The summed E-state index contributed by atoms with van der Waals surface area (Å²) >= 11 is 5.77. The van der Waals surface area contributed by atoms with Crippen LogP contribution in [0.1, 0.15) is 29.1 Å². The van der Waals surface area contributed by atoms with E-state index in [4.69, 9.17) is 16.1 Å². The fourth-order valence-corrected chi connectivity index (χ4v) is 2.75. The largest absolute Gasteiger partial charge is 0.351 e. The summed E-state index contributed by atoms with van der Waals surface area (Å²) in [6.45, 7) is 2.77. The summed E-state index contributed by atoms with van der Waals surface area (Å²) in [7, 11) is 0. The molecule has 1 fully saturated rings. The molecular weight excluding hydrogens is 332 g/mol. The maximum atomic E-state index is 12.3. The molecule has 0 spiro atoms. The monoisotopic (exact) mass is 348 g/mol. The molecule has 8 heteroatoms. The Morgan fingerprint density at radius 3 is 2.67 bits per heavy atom. The van der Waals surface area contributed by atoms with Crippen molar-refractivity contribution in [3.63, 3.8) is 0 Å². The molecule has 1 N–H and O–H groups in total. The number of carbonyl (C=O) groups excluding carboxylic acids is 2. The van der Waals surface area contributed by atoms with Crippen LogP contribution in [-0.2, 0) is 4.79 Å². The van der Waals surface area contributed by atoms with E-state index in [2.05, 4.69) is 15.5 Å². The van der Waals surface area contributed by atoms with Gasteiger partial charge in [0.2, 0.25) is 11.7 Å². The number of carbonyl (C=O) groups is 2. The Balaban J connectivity index is 1.53. The van der Waals surface area contributed by atoms with Crippen LogP contribution in [0.25, 0.3) is 0 Å². The standard InChI is InChI=1S/C16H17ClN4O3/c1-10-8-13(24-20-10)16(23)21-6-4-11(5-7-21)15(22)19-14-3-2-12(17)9-18-14/h2-3,8-9,11H,4-7H2,1H3,(H,18,19,22). The number of amides is 2. The topological polar surface area (TPSA) is 88.3 Å². The molecule has 1 aliphatic heterocycles. The smallest absolute Gasteiger partial charge is 0.292 e. The van der Waals surface area contributed by atoms with Gasteiger partial charge in [0.1, 0.15) is 5.82 Å². The van der Waals surface area contributed by atoms with E-state index in [0.717, 1.165) is 0 Å². The number of pyridine rings is 1. The number of likely N-dealkylation sites (tertiary alicyclic amines) is 1. The number of halogens is 1. The van der Waals surface area contributed by atoms with Crippen molar-refractivity contribution < 1.29 is 14.1 Å². The molecule has 126 valence electrons. The number of nitrogens with zero attached hydrogens (tertiary/aromatic N) is 3. The van der Waals surface area contributed by atoms with Crippen molar-refractivity contribution in [1.29, 1.82) is 0 Å². The van der Waals surface area contributed by atoms with Crippen LogP contribution in [0.4, 0.5) is 5.82 Å². The molecule has 0 aromatic carbocycles. The molecule has 1 saturated heterocycles. The lowest BCUT2D eigenvalue weighted by atomic mass is 9.95. The van der Waals surface area contributed by atoms with Crippen molar-refractivity contribution >= 4 is 29.2 Å². The average molecular weight is 349 g/mol. The fraction of sp³-hybridized carbons (Fsp3) is 0.375. The molecule has 2 amide bonds. The van der Waals surface area contributed by atoms with E-state index in [-0.39, 0.29) is 23.5 Å². The Hall–Kier alpha value is -2.41. The van der Waals surface area contributed by atoms with Gasteiger partial charge in [-0.05, 0) is 31.9 Å². The minimum atomic E-state index is -0.186. The van der Waals surface area contributed by atoms with E-state index in [0.29, 0.717) is 42.5 Å². The second-order valence-electron chi connectivity index (χ2n) is 5.75. The highest BCUT2D eigenvalue weighted by Gasteiger charge is 2.29. The second-order valence-corrected chi connectivity index (χ2v) is 6.19. The first-order valence-electron chi connectivity index (χ1n) is 7.68. The highest BCUT2D eigenvalue weighted by atomic mass is 35.5. The maximum absolute atomic E-state index is 12.3. The lowest BCUT2D eigenvalue weighted by Gasteiger charge is -2.30. The van der Waals surface area contributed by atoms with E-state index >= 15 is 0 Å². The van der Waals surface area contributed by atoms with Gasteiger partial charge in [0.05, 0.1) is 10.7 Å². The van der Waals surface area contributed by atoms with Crippen molar-refractivity contribution in [3.05, 3.63) is 40.9 Å². The van der Waals surface area contributed by atoms with Gasteiger partial charge in [0.25, 0.3) is 5.91 Å². The van der Waals surface area contributed by atoms with E-state index < -0.39 is 0 Å². The van der Waals surface area contributed by atoms with Gasteiger partial charge in [0.15, 0.2) is 0 Å². The third-order valence-electron chi connectivity index (χ3n) is 3.97. The zero-order valence-electron chi connectivity index (χ0n) is 13.2. The molecule has 0 aliphatic carbocycles. The van der Waals surface area contributed by atoms with Gasteiger partial charge in [0, 0.05) is 31.3 Å². The number of anilines is 1. The molecule has 2 aromatic heterocycles. The number of rotatable bonds is 3. The SMILES string of the molecule is Cc1cc(C(=O)N2CCC(C(=O)Nc3ccc(Cl)cn3)CC2)on1. The quantitative estimate of drug-likeness (QED) is 0.920. The lowest BCUT2D eigenvalue weighted by Crippen LogP contribution is -2.41. The van der Waals surface area contributed by atoms with Gasteiger partial charge in [-0.2, -0.15) is 0 Å². The van der Waals surface area contributed by atoms with Crippen LogP contribution in [0.5, 0.6) is 0 Å². The molecule has 7 nitrogen and oxygen atoms in total. The third-order valence-corrected chi connectivity index (χ3v) is 4.19. The highest BCUT2D eigenvalue weighted by Crippen LogP contribution is 2.21. The maximum Gasteiger partial charge on any atom is 0.292 e. The van der Waals surface area contributed by atoms with Gasteiger partial charge < -0.3 is 14.7 Å². The van der Waals surface area contributed by atoms with Gasteiger partial charge in [-0.1, -0.05) is 16.8 Å². The van der Waals surface area contributed by atoms with E-state index in [1.54, 1.807) is 30.0 Å². The third kappa shape index (κ3) is 3.73. The molecule has 0 unspecified atom stereocenters. The molecule has 0 atom stereocenters. The Labute approximate surface area is 144 Å². The summed E-state index contributed by atoms with van der Waals surface area (Å²) < 4.78 is 5.00. The normalized spacial score (nSPS) is 15.3. The molecule has 3 heterocycles. The first kappa shape index (κ1) is 16.4. The predicted octanol–water partition coefficient (Wildman–Crippen LogP) is 2.52. The number of piperidine rings is 1. The van der Waals surface area contributed by atoms with Crippen LogP contribution >= 0.6 is 11.6 Å². The van der Waals surface area contributed by atoms with Crippen molar-refractivity contribution in [2.75, 3.05) is 18.4 Å². The summed E-state index contributed by atoms with van der Waals surface area (Å²) in [6, 6.07) is 4.95. The predicted molar refractivity (Wildman–Crippen MR) is 87.7 cm³/mol. The lowest BCUT2D eigenvalue weighted by molar-refractivity contribution is -0.121. The zero-order chi connectivity index (χ0) is 17.1. The summed E-state index contributed by atoms with van der Waals surface area (Å²) in [5.41, 5.74) is 0.670. The minimum Gasteiger partial charge on any atom is -0.351 e. The van der Waals surface area contributed by atoms with Gasteiger partial charge >= 0.3 is 0 Å². The Bertz CT molecular complexity index is 736. The molecule has 0 saturated carbocycles. The van der Waals surface area contributed by atoms with Crippen LogP contribution in [0.3, 0.4) is 0 Å². The molecule has 0 bridgehead atoms. The van der Waals surface area contributed by atoms with Gasteiger partial charge in [-0.25, -0.2) is 4.98 Å². The number of hydrogen-bond acceptors (Lipinski definition) is 5. The van der Waals surface area contributed by atoms with Crippen molar-refractivity contribution in [2.45, 2.75) is 19.8 Å². The minimum absolute atomic E-state index is 0.0903. The van der Waals surface area contributed by atoms with Crippen LogP contribution in [-0.4, -0.2) is 39.9 Å². The van der Waals surface area contributed by atoms with E-state index in [1.165, 1.54) is 6.20 Å². The molecule has 1 aliphatic rings. The van der Waals surface area contributed by atoms with Crippen LogP contribution in [0, 0.1) is 12.8 Å². The van der Waals surface area contributed by atoms with Crippen molar-refractivity contribution in [2.24, 2.45) is 5.92 Å². The summed E-state index contributed by atoms with van der Waals surface area (Å²) in [5, 5.41) is 7.02. The summed E-state index contributed by atoms with van der Waals surface area (Å²) in [4.78, 5) is 30.3. The summed E-state index contributed by atoms with van der Waals surface area (Å²) in [6.07, 6.45) is 2.67. The second kappa shape index (κ2) is 7.00.